The van der Waals surface area contributed by atoms with Crippen molar-refractivity contribution in [3.63, 3.8) is 0 Å². The summed E-state index contributed by atoms with van der Waals surface area (Å²) >= 11 is 0. The summed E-state index contributed by atoms with van der Waals surface area (Å²) in [7, 11) is 0. The van der Waals surface area contributed by atoms with E-state index >= 15 is 0 Å². The second kappa shape index (κ2) is 12.2. The number of unbranched alkanes of at least 4 members (excludes halogenated alkanes) is 4. The van der Waals surface area contributed by atoms with Crippen LogP contribution in [0.1, 0.15) is 65.7 Å². The van der Waals surface area contributed by atoms with E-state index in [4.69, 9.17) is 5.11 Å². The quantitative estimate of drug-likeness (QED) is 0.428. The topological polar surface area (TPSA) is 40.5 Å². The summed E-state index contributed by atoms with van der Waals surface area (Å²) in [5.74, 6) is -0.802. The van der Waals surface area contributed by atoms with Crippen LogP contribution in [0.15, 0.2) is 11.6 Å². The summed E-state index contributed by atoms with van der Waals surface area (Å²) in [6, 6.07) is 0. The predicted octanol–water partition coefficient (Wildman–Crippen LogP) is 4.09. The fourth-order valence-corrected chi connectivity index (χ4v) is 2.06. The third-order valence-corrected chi connectivity index (χ3v) is 3.39. The molecule has 3 nitrogen and oxygen atoms in total. The summed E-state index contributed by atoms with van der Waals surface area (Å²) < 4.78 is 0. The van der Waals surface area contributed by atoms with Gasteiger partial charge in [-0.2, -0.15) is 0 Å². The lowest BCUT2D eigenvalue weighted by atomic mass is 10.2. The summed E-state index contributed by atoms with van der Waals surface area (Å²) in [5, 5.41) is 8.81. The van der Waals surface area contributed by atoms with Crippen molar-refractivity contribution in [3.8, 4) is 0 Å². The van der Waals surface area contributed by atoms with Crippen molar-refractivity contribution in [3.05, 3.63) is 11.6 Å². The van der Waals surface area contributed by atoms with Gasteiger partial charge in [-0.1, -0.05) is 45.6 Å². The van der Waals surface area contributed by atoms with Gasteiger partial charge in [0.25, 0.3) is 0 Å². The maximum atomic E-state index is 10.7. The molecule has 0 aromatic carbocycles. The minimum Gasteiger partial charge on any atom is -0.478 e. The number of aliphatic carboxylic acids is 1. The first kappa shape index (κ1) is 18.2. The van der Waals surface area contributed by atoms with Crippen molar-refractivity contribution < 1.29 is 9.90 Å². The molecule has 3 heteroatoms. The lowest BCUT2D eigenvalue weighted by molar-refractivity contribution is -0.132. The average molecular weight is 269 g/mol. The van der Waals surface area contributed by atoms with Crippen LogP contribution >= 0.6 is 0 Å². The largest absolute Gasteiger partial charge is 0.478 e. The van der Waals surface area contributed by atoms with Gasteiger partial charge < -0.3 is 10.0 Å². The Kier molecular flexibility index (Phi) is 11.7. The number of carboxylic acid groups (broad SMARTS) is 1. The Morgan fingerprint density at radius 2 is 1.53 bits per heavy atom. The molecule has 112 valence electrons. The predicted molar refractivity (Wildman–Crippen MR) is 81.5 cm³/mol. The molecule has 0 aliphatic rings. The highest BCUT2D eigenvalue weighted by Gasteiger charge is 2.04. The van der Waals surface area contributed by atoms with Crippen LogP contribution in [0.4, 0.5) is 0 Å². The molecule has 0 fully saturated rings. The van der Waals surface area contributed by atoms with Crippen molar-refractivity contribution in [1.82, 2.24) is 4.90 Å². The molecule has 0 saturated carbocycles. The average Bonchev–Trinajstić information content (AvgIpc) is 2.38. The van der Waals surface area contributed by atoms with E-state index in [0.29, 0.717) is 5.57 Å². The Bertz CT molecular complexity index is 251. The van der Waals surface area contributed by atoms with E-state index in [2.05, 4.69) is 18.7 Å². The van der Waals surface area contributed by atoms with Gasteiger partial charge in [-0.3, -0.25) is 0 Å². The summed E-state index contributed by atoms with van der Waals surface area (Å²) in [5.41, 5.74) is 0.460. The Labute approximate surface area is 118 Å². The van der Waals surface area contributed by atoms with Crippen LogP contribution in [0.25, 0.3) is 0 Å². The van der Waals surface area contributed by atoms with Crippen molar-refractivity contribution in [2.24, 2.45) is 0 Å². The number of nitrogens with zero attached hydrogens (tertiary/aromatic N) is 1. The highest BCUT2D eigenvalue weighted by Crippen LogP contribution is 2.05. The van der Waals surface area contributed by atoms with E-state index in [9.17, 15) is 4.79 Å². The molecule has 0 amide bonds. The van der Waals surface area contributed by atoms with E-state index in [1.54, 1.807) is 6.92 Å². The smallest absolute Gasteiger partial charge is 0.330 e. The third-order valence-electron chi connectivity index (χ3n) is 3.39. The number of carboxylic acids is 1. The van der Waals surface area contributed by atoms with Crippen molar-refractivity contribution >= 4 is 5.97 Å². The Hall–Kier alpha value is -0.830. The number of rotatable bonds is 12. The first-order chi connectivity index (χ1) is 9.11. The Morgan fingerprint density at radius 1 is 1.00 bits per heavy atom. The van der Waals surface area contributed by atoms with E-state index in [1.807, 2.05) is 6.08 Å². The van der Waals surface area contributed by atoms with Gasteiger partial charge in [0.15, 0.2) is 0 Å². The van der Waals surface area contributed by atoms with E-state index < -0.39 is 5.97 Å². The molecular weight excluding hydrogens is 238 g/mol. The van der Waals surface area contributed by atoms with Crippen molar-refractivity contribution in [2.45, 2.75) is 65.7 Å². The van der Waals surface area contributed by atoms with Crippen molar-refractivity contribution in [1.29, 1.82) is 0 Å². The van der Waals surface area contributed by atoms with Gasteiger partial charge in [-0.25, -0.2) is 4.79 Å². The molecule has 0 spiro atoms. The van der Waals surface area contributed by atoms with Crippen LogP contribution in [0, 0.1) is 0 Å². The van der Waals surface area contributed by atoms with Crippen LogP contribution in [0.2, 0.25) is 0 Å². The molecule has 0 aromatic rings. The zero-order valence-corrected chi connectivity index (χ0v) is 13.0. The SMILES string of the molecule is CCCCCN(CC/C=C(\C)C(=O)O)CCCCC. The Balaban J connectivity index is 4.01. The van der Waals surface area contributed by atoms with Crippen LogP contribution in [0.3, 0.4) is 0 Å². The van der Waals surface area contributed by atoms with Gasteiger partial charge in [0.2, 0.25) is 0 Å². The number of hydrogen-bond acceptors (Lipinski definition) is 2. The highest BCUT2D eigenvalue weighted by molar-refractivity contribution is 5.85. The Morgan fingerprint density at radius 3 is 1.95 bits per heavy atom. The third kappa shape index (κ3) is 10.8. The van der Waals surface area contributed by atoms with E-state index in [-0.39, 0.29) is 0 Å². The normalized spacial score (nSPS) is 12.1. The summed E-state index contributed by atoms with van der Waals surface area (Å²) in [6.07, 6.45) is 10.3. The monoisotopic (exact) mass is 269 g/mol. The standard InChI is InChI=1S/C16H31NO2/c1-4-6-8-12-17(13-9-7-5-2)14-10-11-15(3)16(18)19/h11H,4-10,12-14H2,1-3H3,(H,18,19)/b15-11+. The molecule has 1 N–H and O–H groups in total. The zero-order valence-electron chi connectivity index (χ0n) is 13.0. The van der Waals surface area contributed by atoms with Gasteiger partial charge in [-0.05, 0) is 39.3 Å². The fourth-order valence-electron chi connectivity index (χ4n) is 2.06. The lowest BCUT2D eigenvalue weighted by Crippen LogP contribution is -2.27. The molecule has 0 unspecified atom stereocenters. The molecular formula is C16H31NO2. The van der Waals surface area contributed by atoms with Gasteiger partial charge in [0.1, 0.15) is 0 Å². The minimum absolute atomic E-state index is 0.460. The molecule has 0 aromatic heterocycles. The number of hydrogen-bond donors (Lipinski definition) is 1. The van der Waals surface area contributed by atoms with E-state index in [1.165, 1.54) is 38.5 Å². The fraction of sp³-hybridized carbons (Fsp3) is 0.812. The first-order valence-corrected chi connectivity index (χ1v) is 7.74. The molecule has 0 saturated heterocycles. The molecule has 19 heavy (non-hydrogen) atoms. The van der Waals surface area contributed by atoms with Gasteiger partial charge in [-0.15, -0.1) is 0 Å². The maximum absolute atomic E-state index is 10.7. The number of carbonyl (C=O) groups is 1. The van der Waals surface area contributed by atoms with Gasteiger partial charge in [0.05, 0.1) is 0 Å². The summed E-state index contributed by atoms with van der Waals surface area (Å²) in [6.45, 7) is 9.40. The second-order valence-corrected chi connectivity index (χ2v) is 5.24. The van der Waals surface area contributed by atoms with E-state index in [0.717, 1.165) is 26.1 Å². The minimum atomic E-state index is -0.802. The van der Waals surface area contributed by atoms with Gasteiger partial charge in [0, 0.05) is 12.1 Å². The molecule has 0 radical (unpaired) electrons. The van der Waals surface area contributed by atoms with Crippen LogP contribution < -0.4 is 0 Å². The maximum Gasteiger partial charge on any atom is 0.330 e. The summed E-state index contributed by atoms with van der Waals surface area (Å²) in [4.78, 5) is 13.2. The molecule has 0 rings (SSSR count). The van der Waals surface area contributed by atoms with Crippen LogP contribution in [-0.2, 0) is 4.79 Å². The zero-order chi connectivity index (χ0) is 14.5. The molecule has 0 aliphatic carbocycles. The molecule has 0 aliphatic heterocycles. The van der Waals surface area contributed by atoms with Crippen LogP contribution in [-0.4, -0.2) is 35.6 Å². The highest BCUT2D eigenvalue weighted by atomic mass is 16.4. The second-order valence-electron chi connectivity index (χ2n) is 5.24. The lowest BCUT2D eigenvalue weighted by Gasteiger charge is -2.21. The molecule has 0 bridgehead atoms. The van der Waals surface area contributed by atoms with Crippen LogP contribution in [0.5, 0.6) is 0 Å². The molecule has 0 heterocycles. The van der Waals surface area contributed by atoms with Gasteiger partial charge >= 0.3 is 5.97 Å². The molecule has 0 atom stereocenters. The first-order valence-electron chi connectivity index (χ1n) is 7.74. The van der Waals surface area contributed by atoms with Crippen molar-refractivity contribution in [2.75, 3.05) is 19.6 Å².